The number of rotatable bonds is 6. The molecule has 1 N–H and O–H groups in total. The predicted molar refractivity (Wildman–Crippen MR) is 128 cm³/mol. The zero-order valence-corrected chi connectivity index (χ0v) is 20.6. The zero-order valence-electron chi connectivity index (χ0n) is 19.0. The van der Waals surface area contributed by atoms with Crippen molar-refractivity contribution in [2.75, 3.05) is 25.0 Å². The van der Waals surface area contributed by atoms with Gasteiger partial charge in [-0.2, -0.15) is 4.31 Å². The molecule has 2 unspecified atom stereocenters. The molecular formula is C24H30N2O5S2. The van der Waals surface area contributed by atoms with Crippen LogP contribution in [0.25, 0.3) is 0 Å². The van der Waals surface area contributed by atoms with Gasteiger partial charge in [0.25, 0.3) is 0 Å². The fourth-order valence-corrected chi connectivity index (χ4v) is 7.53. The van der Waals surface area contributed by atoms with Crippen molar-refractivity contribution in [3.8, 4) is 0 Å². The summed E-state index contributed by atoms with van der Waals surface area (Å²) in [5.41, 5.74) is 1.46. The summed E-state index contributed by atoms with van der Waals surface area (Å²) in [6.45, 7) is 4.73. The minimum Gasteiger partial charge on any atom is -0.462 e. The molecule has 4 rings (SSSR count). The number of amides is 1. The lowest BCUT2D eigenvalue weighted by atomic mass is 9.88. The molecule has 9 heteroatoms. The Balaban J connectivity index is 1.54. The molecule has 2 heterocycles. The van der Waals surface area contributed by atoms with Crippen LogP contribution in [0.15, 0.2) is 35.2 Å². The van der Waals surface area contributed by atoms with Crippen LogP contribution in [-0.2, 0) is 32.4 Å². The van der Waals surface area contributed by atoms with E-state index < -0.39 is 21.9 Å². The number of nitrogens with one attached hydrogen (secondary N) is 1. The molecule has 33 heavy (non-hydrogen) atoms. The van der Waals surface area contributed by atoms with E-state index in [1.165, 1.54) is 15.6 Å². The summed E-state index contributed by atoms with van der Waals surface area (Å²) in [6.07, 6.45) is 3.88. The molecule has 1 aromatic carbocycles. The molecule has 0 bridgehead atoms. The first-order valence-electron chi connectivity index (χ1n) is 11.5. The van der Waals surface area contributed by atoms with E-state index >= 15 is 0 Å². The number of carbonyl (C=O) groups excluding carboxylic acids is 2. The Hall–Kier alpha value is -2.23. The molecule has 7 nitrogen and oxygen atoms in total. The average Bonchev–Trinajstić information content (AvgIpc) is 3.16. The first kappa shape index (κ1) is 23.9. The van der Waals surface area contributed by atoms with Gasteiger partial charge in [0.15, 0.2) is 0 Å². The van der Waals surface area contributed by atoms with Crippen molar-refractivity contribution in [1.29, 1.82) is 0 Å². The molecule has 2 aromatic rings. The van der Waals surface area contributed by atoms with Crippen LogP contribution < -0.4 is 5.32 Å². The maximum atomic E-state index is 13.2. The van der Waals surface area contributed by atoms with Gasteiger partial charge in [-0.05, 0) is 62.6 Å². The van der Waals surface area contributed by atoms with Gasteiger partial charge in [-0.25, -0.2) is 13.2 Å². The van der Waals surface area contributed by atoms with Gasteiger partial charge < -0.3 is 10.1 Å². The molecule has 178 valence electrons. The lowest BCUT2D eigenvalue weighted by Crippen LogP contribution is -2.43. The number of sulfonamides is 1. The van der Waals surface area contributed by atoms with Gasteiger partial charge in [-0.1, -0.05) is 25.1 Å². The summed E-state index contributed by atoms with van der Waals surface area (Å²) in [4.78, 5) is 27.3. The summed E-state index contributed by atoms with van der Waals surface area (Å²) in [7, 11) is -3.66. The Morgan fingerprint density at radius 2 is 1.97 bits per heavy atom. The van der Waals surface area contributed by atoms with E-state index in [0.717, 1.165) is 29.7 Å². The molecule has 1 saturated heterocycles. The molecule has 0 saturated carbocycles. The lowest BCUT2D eigenvalue weighted by molar-refractivity contribution is -0.120. The van der Waals surface area contributed by atoms with Crippen LogP contribution in [0.2, 0.25) is 0 Å². The Kier molecular flexibility index (Phi) is 7.21. The first-order valence-corrected chi connectivity index (χ1v) is 13.7. The summed E-state index contributed by atoms with van der Waals surface area (Å²) in [6, 6.07) is 8.30. The van der Waals surface area contributed by atoms with Gasteiger partial charge in [0.1, 0.15) is 5.00 Å². The number of hydrogen-bond acceptors (Lipinski definition) is 6. The van der Waals surface area contributed by atoms with Crippen LogP contribution in [0.3, 0.4) is 0 Å². The largest absolute Gasteiger partial charge is 0.462 e. The smallest absolute Gasteiger partial charge is 0.341 e. The Bertz CT molecular complexity index is 1130. The van der Waals surface area contributed by atoms with Gasteiger partial charge in [0.05, 0.1) is 23.0 Å². The molecule has 1 aromatic heterocycles. The maximum Gasteiger partial charge on any atom is 0.341 e. The minimum atomic E-state index is -3.66. The molecule has 0 radical (unpaired) electrons. The Morgan fingerprint density at radius 1 is 1.21 bits per heavy atom. The Labute approximate surface area is 199 Å². The Morgan fingerprint density at radius 3 is 2.70 bits per heavy atom. The van der Waals surface area contributed by atoms with Gasteiger partial charge >= 0.3 is 5.97 Å². The van der Waals surface area contributed by atoms with Crippen molar-refractivity contribution < 1.29 is 22.7 Å². The zero-order chi connectivity index (χ0) is 23.6. The third-order valence-electron chi connectivity index (χ3n) is 6.36. The fraction of sp³-hybridized carbons (Fsp3) is 0.500. The molecule has 1 fully saturated rings. The van der Waals surface area contributed by atoms with E-state index in [1.54, 1.807) is 37.3 Å². The van der Waals surface area contributed by atoms with E-state index in [9.17, 15) is 18.0 Å². The highest BCUT2D eigenvalue weighted by atomic mass is 32.2. The lowest BCUT2D eigenvalue weighted by Gasteiger charge is -2.31. The molecule has 0 spiro atoms. The van der Waals surface area contributed by atoms with E-state index in [1.807, 2.05) is 0 Å². The van der Waals surface area contributed by atoms with Crippen LogP contribution in [0.1, 0.15) is 53.9 Å². The molecule has 1 aliphatic carbocycles. The van der Waals surface area contributed by atoms with E-state index in [0.29, 0.717) is 35.9 Å². The second-order valence-electron chi connectivity index (χ2n) is 8.78. The predicted octanol–water partition coefficient (Wildman–Crippen LogP) is 4.09. The number of fused-ring (bicyclic) bond motifs is 1. The maximum absolute atomic E-state index is 13.2. The second kappa shape index (κ2) is 9.95. The second-order valence-corrected chi connectivity index (χ2v) is 11.8. The molecule has 2 atom stereocenters. The summed E-state index contributed by atoms with van der Waals surface area (Å²) in [5.74, 6) is -0.605. The van der Waals surface area contributed by atoms with Crippen molar-refractivity contribution in [3.63, 3.8) is 0 Å². The highest BCUT2D eigenvalue weighted by Crippen LogP contribution is 2.40. The summed E-state index contributed by atoms with van der Waals surface area (Å²) in [5, 5.41) is 3.49. The number of benzene rings is 1. The topological polar surface area (TPSA) is 92.8 Å². The normalized spacial score (nSPS) is 21.3. The molecule has 1 aliphatic heterocycles. The summed E-state index contributed by atoms with van der Waals surface area (Å²) >= 11 is 1.45. The van der Waals surface area contributed by atoms with Crippen molar-refractivity contribution in [2.24, 2.45) is 11.8 Å². The highest BCUT2D eigenvalue weighted by molar-refractivity contribution is 7.89. The van der Waals surface area contributed by atoms with Gasteiger partial charge in [0, 0.05) is 18.0 Å². The average molecular weight is 491 g/mol. The number of ether oxygens (including phenoxy) is 1. The van der Waals surface area contributed by atoms with Crippen molar-refractivity contribution in [1.82, 2.24) is 4.31 Å². The minimum absolute atomic E-state index is 0.125. The molecule has 2 aliphatic rings. The monoisotopic (exact) mass is 490 g/mol. The van der Waals surface area contributed by atoms with Gasteiger partial charge in [-0.15, -0.1) is 11.3 Å². The third-order valence-corrected chi connectivity index (χ3v) is 9.41. The number of anilines is 1. The van der Waals surface area contributed by atoms with E-state index in [2.05, 4.69) is 12.2 Å². The van der Waals surface area contributed by atoms with Gasteiger partial charge in [-0.3, -0.25) is 4.79 Å². The van der Waals surface area contributed by atoms with Crippen LogP contribution >= 0.6 is 11.3 Å². The highest BCUT2D eigenvalue weighted by Gasteiger charge is 2.35. The summed E-state index contributed by atoms with van der Waals surface area (Å²) < 4.78 is 32.7. The third kappa shape index (κ3) is 5.00. The van der Waals surface area contributed by atoms with Crippen LogP contribution in [0.5, 0.6) is 0 Å². The number of carbonyl (C=O) groups is 2. The quantitative estimate of drug-likeness (QED) is 0.616. The number of hydrogen-bond donors (Lipinski definition) is 1. The number of nitrogens with zero attached hydrogens (tertiary/aromatic N) is 1. The van der Waals surface area contributed by atoms with Crippen LogP contribution in [-0.4, -0.2) is 44.3 Å². The number of thiophene rings is 1. The first-order chi connectivity index (χ1) is 15.8. The fourth-order valence-electron chi connectivity index (χ4n) is 4.59. The van der Waals surface area contributed by atoms with Crippen LogP contribution in [0.4, 0.5) is 5.00 Å². The SMILES string of the molecule is CCOC(=O)c1c(NC(=O)C2CCCN(S(=O)(=O)c3ccccc3)C2)sc2c1CCC(C)C2. The van der Waals surface area contributed by atoms with E-state index in [4.69, 9.17) is 4.74 Å². The van der Waals surface area contributed by atoms with Gasteiger partial charge in [0.2, 0.25) is 15.9 Å². The van der Waals surface area contributed by atoms with E-state index in [-0.39, 0.29) is 24.0 Å². The van der Waals surface area contributed by atoms with Crippen molar-refractivity contribution in [3.05, 3.63) is 46.3 Å². The molecular weight excluding hydrogens is 460 g/mol. The molecule has 1 amide bonds. The number of esters is 1. The van der Waals surface area contributed by atoms with Crippen LogP contribution in [0, 0.1) is 11.8 Å². The number of piperidine rings is 1. The van der Waals surface area contributed by atoms with Crippen molar-refractivity contribution >= 4 is 38.2 Å². The standard InChI is InChI=1S/C24H30N2O5S2/c1-3-31-24(28)21-19-12-11-16(2)14-20(19)32-23(21)25-22(27)17-8-7-13-26(15-17)33(29,30)18-9-5-4-6-10-18/h4-6,9-10,16-17H,3,7-8,11-15H2,1-2H3,(H,25,27). The van der Waals surface area contributed by atoms with Crippen molar-refractivity contribution in [2.45, 2.75) is 50.8 Å².